The number of anilines is 1. The van der Waals surface area contributed by atoms with Crippen LogP contribution in [0.5, 0.6) is 0 Å². The first kappa shape index (κ1) is 25.6. The van der Waals surface area contributed by atoms with Crippen LogP contribution in [0.3, 0.4) is 0 Å². The van der Waals surface area contributed by atoms with Crippen LogP contribution in [0, 0.1) is 23.2 Å². The van der Waals surface area contributed by atoms with Gasteiger partial charge in [-0.15, -0.1) is 0 Å². The molecule has 1 aromatic rings. The van der Waals surface area contributed by atoms with Crippen LogP contribution in [0.1, 0.15) is 47.5 Å². The summed E-state index contributed by atoms with van der Waals surface area (Å²) in [5, 5.41) is 19.9. The molecule has 31 heavy (non-hydrogen) atoms. The molecule has 8 nitrogen and oxygen atoms in total. The van der Waals surface area contributed by atoms with Gasteiger partial charge >= 0.3 is 0 Å². The first-order valence-corrected chi connectivity index (χ1v) is 11.3. The normalized spacial score (nSPS) is 26.3. The van der Waals surface area contributed by atoms with Crippen molar-refractivity contribution in [3.05, 3.63) is 21.6 Å². The lowest BCUT2D eigenvalue weighted by atomic mass is 9.58. The smallest absolute Gasteiger partial charge is 0.287 e. The van der Waals surface area contributed by atoms with Gasteiger partial charge in [-0.3, -0.25) is 9.59 Å². The highest BCUT2D eigenvalue weighted by atomic mass is 35.5. The number of aliphatic hydroxyl groups excluding tert-OH is 1. The molecule has 1 saturated carbocycles. The Morgan fingerprint density at radius 1 is 1.42 bits per heavy atom. The van der Waals surface area contributed by atoms with E-state index in [1.54, 1.807) is 6.20 Å². The van der Waals surface area contributed by atoms with E-state index < -0.39 is 11.7 Å². The summed E-state index contributed by atoms with van der Waals surface area (Å²) in [6, 6.07) is 0.205. The van der Waals surface area contributed by atoms with Gasteiger partial charge in [-0.1, -0.05) is 46.2 Å². The zero-order chi connectivity index (χ0) is 23.3. The van der Waals surface area contributed by atoms with Gasteiger partial charge in [-0.25, -0.2) is 4.68 Å². The summed E-state index contributed by atoms with van der Waals surface area (Å²) in [6.07, 6.45) is 1.84. The van der Waals surface area contributed by atoms with Crippen molar-refractivity contribution in [2.24, 2.45) is 23.2 Å². The number of nitrogens with one attached hydrogen (secondary N) is 2. The van der Waals surface area contributed by atoms with Crippen LogP contribution in [-0.2, 0) is 16.1 Å². The molecular formula is C22H37ClN4O4. The fourth-order valence-corrected chi connectivity index (χ4v) is 4.47. The van der Waals surface area contributed by atoms with E-state index in [1.807, 2.05) is 0 Å². The molecule has 0 radical (unpaired) electrons. The van der Waals surface area contributed by atoms with Gasteiger partial charge in [0.05, 0.1) is 31.1 Å². The van der Waals surface area contributed by atoms with Crippen LogP contribution in [0.4, 0.5) is 5.69 Å². The number of aromatic nitrogens is 2. The third-order valence-electron chi connectivity index (χ3n) is 7.24. The van der Waals surface area contributed by atoms with Gasteiger partial charge < -0.3 is 20.5 Å². The molecule has 9 heteroatoms. The molecule has 1 aliphatic carbocycles. The highest BCUT2D eigenvalue weighted by Gasteiger charge is 2.43. The number of nitrogens with zero attached hydrogens (tertiary/aromatic N) is 2. The minimum Gasteiger partial charge on any atom is -0.389 e. The molecule has 0 spiro atoms. The Morgan fingerprint density at radius 3 is 2.74 bits per heavy atom. The van der Waals surface area contributed by atoms with E-state index in [0.29, 0.717) is 23.4 Å². The van der Waals surface area contributed by atoms with Gasteiger partial charge in [0.1, 0.15) is 5.02 Å². The lowest BCUT2D eigenvalue weighted by Crippen LogP contribution is -2.48. The van der Waals surface area contributed by atoms with E-state index in [-0.39, 0.29) is 48.5 Å². The Balaban J connectivity index is 1.99. The zero-order valence-electron chi connectivity index (χ0n) is 19.4. The minimum atomic E-state index is -0.771. The van der Waals surface area contributed by atoms with Crippen molar-refractivity contribution in [2.75, 3.05) is 25.6 Å². The van der Waals surface area contributed by atoms with Gasteiger partial charge in [-0.05, 0) is 29.6 Å². The lowest BCUT2D eigenvalue weighted by molar-refractivity contribution is -0.122. The van der Waals surface area contributed by atoms with E-state index in [9.17, 15) is 14.7 Å². The van der Waals surface area contributed by atoms with Crippen LogP contribution < -0.4 is 16.2 Å². The van der Waals surface area contributed by atoms with Crippen LogP contribution in [0.2, 0.25) is 5.02 Å². The second-order valence-corrected chi connectivity index (χ2v) is 9.80. The Bertz CT molecular complexity index is 813. The molecule has 1 amide bonds. The van der Waals surface area contributed by atoms with Gasteiger partial charge in [0.25, 0.3) is 5.56 Å². The Morgan fingerprint density at radius 2 is 2.10 bits per heavy atom. The average molecular weight is 457 g/mol. The molecule has 1 aromatic heterocycles. The fourth-order valence-electron chi connectivity index (χ4n) is 4.27. The van der Waals surface area contributed by atoms with Gasteiger partial charge in [0.15, 0.2) is 0 Å². The van der Waals surface area contributed by atoms with Gasteiger partial charge in [0, 0.05) is 26.1 Å². The third-order valence-corrected chi connectivity index (χ3v) is 7.61. The maximum absolute atomic E-state index is 12.6. The van der Waals surface area contributed by atoms with Crippen molar-refractivity contribution in [1.29, 1.82) is 0 Å². The summed E-state index contributed by atoms with van der Waals surface area (Å²) in [6.45, 7) is 11.8. The van der Waals surface area contributed by atoms with Crippen molar-refractivity contribution >= 4 is 23.2 Å². The van der Waals surface area contributed by atoms with Crippen LogP contribution in [0.25, 0.3) is 0 Å². The summed E-state index contributed by atoms with van der Waals surface area (Å²) in [5.74, 6) is 1.18. The molecule has 2 rings (SSSR count). The van der Waals surface area contributed by atoms with Crippen molar-refractivity contribution in [3.8, 4) is 0 Å². The predicted octanol–water partition coefficient (Wildman–Crippen LogP) is 2.53. The number of rotatable bonds is 9. The Kier molecular flexibility index (Phi) is 8.92. The number of ether oxygens (including phenoxy) is 1. The molecule has 0 aromatic carbocycles. The van der Waals surface area contributed by atoms with Crippen LogP contribution in [-0.4, -0.2) is 53.2 Å². The molecule has 1 fully saturated rings. The summed E-state index contributed by atoms with van der Waals surface area (Å²) in [5.41, 5.74) is 0.359. The summed E-state index contributed by atoms with van der Waals surface area (Å²) in [7, 11) is 1.47. The number of methoxy groups -OCH3 is 1. The number of carbonyl (C=O) groups is 1. The molecule has 0 bridgehead atoms. The average Bonchev–Trinajstić information content (AvgIpc) is 2.72. The number of hydrogen-bond donors (Lipinski definition) is 3. The molecule has 0 aliphatic heterocycles. The maximum Gasteiger partial charge on any atom is 0.287 e. The third kappa shape index (κ3) is 6.20. The lowest BCUT2D eigenvalue weighted by Gasteiger charge is -2.50. The number of hydrogen-bond acceptors (Lipinski definition) is 6. The standard InChI is InChI=1S/C22H37ClN4O4/c1-13-9-17(14(2)15(3)22(13,4)5)26-18-11-25-27(21(30)20(18)23)8-7-19(29)24-10-16(28)12-31-6/h11,13-17,26,28H,7-10,12H2,1-6H3,(H,24,29)/t13-,14+,15+,16-,17+/m0/s1. The van der Waals surface area contributed by atoms with E-state index in [0.717, 1.165) is 6.42 Å². The van der Waals surface area contributed by atoms with E-state index >= 15 is 0 Å². The second kappa shape index (κ2) is 10.8. The quantitative estimate of drug-likeness (QED) is 0.527. The molecular weight excluding hydrogens is 420 g/mol. The number of halogens is 1. The molecule has 5 atom stereocenters. The maximum atomic E-state index is 12.6. The van der Waals surface area contributed by atoms with Crippen molar-refractivity contribution < 1.29 is 14.6 Å². The largest absolute Gasteiger partial charge is 0.389 e. The van der Waals surface area contributed by atoms with E-state index in [1.165, 1.54) is 11.8 Å². The first-order valence-electron chi connectivity index (χ1n) is 10.9. The van der Waals surface area contributed by atoms with Crippen LogP contribution >= 0.6 is 11.6 Å². The first-order chi connectivity index (χ1) is 14.5. The molecule has 0 saturated heterocycles. The molecule has 0 unspecified atom stereocenters. The summed E-state index contributed by atoms with van der Waals surface area (Å²) < 4.78 is 6.00. The summed E-state index contributed by atoms with van der Waals surface area (Å²) in [4.78, 5) is 24.6. The molecule has 1 aliphatic rings. The number of aliphatic hydroxyl groups is 1. The van der Waals surface area contributed by atoms with Gasteiger partial charge in [0.2, 0.25) is 5.91 Å². The molecule has 176 valence electrons. The van der Waals surface area contributed by atoms with Crippen molar-refractivity contribution in [3.63, 3.8) is 0 Å². The monoisotopic (exact) mass is 456 g/mol. The van der Waals surface area contributed by atoms with Crippen LogP contribution in [0.15, 0.2) is 11.0 Å². The molecule has 1 heterocycles. The number of aryl methyl sites for hydroxylation is 1. The SMILES string of the molecule is COC[C@@H](O)CNC(=O)CCn1ncc(N[C@@H]2C[C@H](C)C(C)(C)[C@H](C)[C@H]2C)c(Cl)c1=O. The van der Waals surface area contributed by atoms with Crippen molar-refractivity contribution in [2.45, 2.75) is 66.2 Å². The zero-order valence-corrected chi connectivity index (χ0v) is 20.2. The van der Waals surface area contributed by atoms with Gasteiger partial charge in [-0.2, -0.15) is 5.10 Å². The topological polar surface area (TPSA) is 105 Å². The minimum absolute atomic E-state index is 0.0550. The van der Waals surface area contributed by atoms with E-state index in [4.69, 9.17) is 16.3 Å². The highest BCUT2D eigenvalue weighted by Crippen LogP contribution is 2.48. The predicted molar refractivity (Wildman–Crippen MR) is 122 cm³/mol. The number of carbonyl (C=O) groups excluding carboxylic acids is 1. The molecule has 3 N–H and O–H groups in total. The highest BCUT2D eigenvalue weighted by molar-refractivity contribution is 6.32. The number of amides is 1. The Labute approximate surface area is 189 Å². The fraction of sp³-hybridized carbons (Fsp3) is 0.773. The Hall–Kier alpha value is -1.64. The van der Waals surface area contributed by atoms with E-state index in [2.05, 4.69) is 50.4 Å². The second-order valence-electron chi connectivity index (χ2n) is 9.42. The summed E-state index contributed by atoms with van der Waals surface area (Å²) >= 11 is 6.36. The van der Waals surface area contributed by atoms with Crippen molar-refractivity contribution in [1.82, 2.24) is 15.1 Å².